The molecule has 13 rings (SSSR count). The van der Waals surface area contributed by atoms with Crippen LogP contribution in [0.25, 0.3) is 0 Å². The molecule has 9 unspecified atom stereocenters. The zero-order valence-electron chi connectivity index (χ0n) is 71.2. The summed E-state index contributed by atoms with van der Waals surface area (Å²) in [5, 5.41) is 47.8. The van der Waals surface area contributed by atoms with Gasteiger partial charge in [-0.1, -0.05) is 215 Å². The zero-order chi connectivity index (χ0) is 92.1. The monoisotopic (exact) mass is 1800 g/mol. The van der Waals surface area contributed by atoms with E-state index < -0.39 is 202 Å². The number of carbonyl (C=O) groups excluding carboxylic acids is 8. The Kier molecular flexibility index (Phi) is 34.7. The first-order chi connectivity index (χ1) is 63.7. The maximum absolute atomic E-state index is 15.3. The molecule has 4 aliphatic rings. The van der Waals surface area contributed by atoms with E-state index in [1.54, 1.807) is 109 Å². The first-order valence-corrected chi connectivity index (χ1v) is 42.7. The minimum Gasteiger partial charge on any atom is -0.479 e. The number of aliphatic hydroxyl groups is 2. The Bertz CT molecular complexity index is 5180. The van der Waals surface area contributed by atoms with Gasteiger partial charge in [0.05, 0.1) is 58.8 Å². The van der Waals surface area contributed by atoms with Crippen LogP contribution in [0.2, 0.25) is 0 Å². The van der Waals surface area contributed by atoms with Crippen LogP contribution in [0.5, 0.6) is 0 Å². The lowest BCUT2D eigenvalue weighted by Crippen LogP contribution is -2.69. The second kappa shape index (κ2) is 47.5. The molecule has 1 amide bonds. The third-order valence-corrected chi connectivity index (χ3v) is 21.5. The number of unbranched alkanes of at least 4 members (excludes halogenated alkanes) is 2. The van der Waals surface area contributed by atoms with Gasteiger partial charge in [-0.25, -0.2) is 47.9 Å². The van der Waals surface area contributed by atoms with E-state index in [1.807, 2.05) is 19.9 Å². The number of aliphatic hydroxyl groups excluding tert-OH is 2. The van der Waals surface area contributed by atoms with Crippen LogP contribution in [0.4, 0.5) is 4.79 Å². The van der Waals surface area contributed by atoms with Crippen molar-refractivity contribution in [3.8, 4) is 0 Å². The van der Waals surface area contributed by atoms with Crippen LogP contribution in [0.1, 0.15) is 123 Å². The van der Waals surface area contributed by atoms with Crippen molar-refractivity contribution in [2.24, 2.45) is 0 Å². The van der Waals surface area contributed by atoms with Crippen molar-refractivity contribution >= 4 is 59.8 Å². The molecule has 4 aliphatic heterocycles. The Balaban J connectivity index is 0.947. The molecule has 4 saturated heterocycles. The van der Waals surface area contributed by atoms with Gasteiger partial charge < -0.3 is 111 Å². The highest BCUT2D eigenvalue weighted by Gasteiger charge is 2.62. The van der Waals surface area contributed by atoms with Gasteiger partial charge in [0.2, 0.25) is 0 Å². The van der Waals surface area contributed by atoms with Crippen LogP contribution in [0.3, 0.4) is 0 Å². The SMILES string of the molecule is CCCCOCC1O[C@@H](OC2[C@H](O)C(C(=O)O)O[C@@H](O[C@@H]3C(COCCCC)O[C@@H](OCCN(Cc4ccccc4)C(=O)OCc4ccccc4)[C@@H](OC(=O)c4ccccc4)C3OC(=O)c3ccccc3)[C@H]2OC(=O)c2ccccc2)C(OC(=O)c2ccccc2)C(OC(=O)c2ccccc2)[C@@H]1O[C@@H]1OC(C(=O)O)[C@@H](O)C(OC(=O)c2ccccc2)[C@@H]1OC(=O)c1ccccc1. The van der Waals surface area contributed by atoms with Gasteiger partial charge in [0.1, 0.15) is 49.3 Å². The number of amides is 1. The fourth-order valence-corrected chi connectivity index (χ4v) is 14.8. The first kappa shape index (κ1) is 95.6. The van der Waals surface area contributed by atoms with Crippen molar-refractivity contribution in [2.45, 2.75) is 176 Å². The summed E-state index contributed by atoms with van der Waals surface area (Å²) >= 11 is 0. The summed E-state index contributed by atoms with van der Waals surface area (Å²) in [4.78, 5) is 149. The number of benzene rings is 9. The number of aliphatic carboxylic acids is 2. The largest absolute Gasteiger partial charge is 0.479 e. The van der Waals surface area contributed by atoms with E-state index in [-0.39, 0.29) is 71.9 Å². The van der Waals surface area contributed by atoms with Crippen LogP contribution in [0, 0.1) is 0 Å². The van der Waals surface area contributed by atoms with E-state index in [2.05, 4.69) is 0 Å². The number of carboxylic acids is 2. The number of hydrogen-bond donors (Lipinski definition) is 4. The molecule has 9 aromatic rings. The molecule has 4 heterocycles. The van der Waals surface area contributed by atoms with E-state index in [1.165, 1.54) is 163 Å². The van der Waals surface area contributed by atoms with Crippen LogP contribution < -0.4 is 0 Å². The van der Waals surface area contributed by atoms with Crippen molar-refractivity contribution < 1.29 is 154 Å². The molecule has 0 radical (unpaired) electrons. The van der Waals surface area contributed by atoms with Crippen molar-refractivity contribution in [3.63, 3.8) is 0 Å². The highest BCUT2D eigenvalue weighted by atomic mass is 16.8. The standard InChI is InChI=1S/C98H99NO32/c1-3-5-53-114-58-69-73(79(121-88(107)63-40-22-10-23-41-63)83(125-92(111)67-48-30-14-31-49-67)94(118-69)116-55-52-99(56-60-34-16-7-17-35-60)98(113)117-57-61-36-18-8-19-37-61)127-97-82(124-91(110)66-46-28-13-29-47-66)76(72(101)78(131-97)86(104)105)129-95-84(126-93(112)68-50-32-15-33-51-68)80(122-89(108)64-42-24-11-25-43-64)74(70(119-95)59-115-54-6-4-2)128-96-81(123-90(109)65-44-26-12-27-45-65)75(71(100)77(130-96)85(102)103)120-87(106)62-38-20-9-21-39-62/h7-51,69-84,94-97,100-101H,3-6,52-59H2,1-2H3,(H,102,103)(H,104,105)/t69?,70?,71-,72-,73+,74+,75?,76?,77?,78?,79?,80?,81-,82-,83-,84?,94+,95-,96+,97+/m0/s1. The summed E-state index contributed by atoms with van der Waals surface area (Å²) in [7, 11) is 0. The number of esters is 7. The molecule has 0 aromatic heterocycles. The summed E-state index contributed by atoms with van der Waals surface area (Å²) in [6, 6.07) is 69.2. The molecule has 20 atom stereocenters. The van der Waals surface area contributed by atoms with E-state index >= 15 is 19.2 Å². The minimum absolute atomic E-state index is 0.00470. The first-order valence-electron chi connectivity index (χ1n) is 42.7. The van der Waals surface area contributed by atoms with Gasteiger partial charge in [-0.05, 0) is 109 Å². The molecule has 0 aliphatic carbocycles. The van der Waals surface area contributed by atoms with Crippen LogP contribution in [-0.4, -0.2) is 248 Å². The molecule has 33 nitrogen and oxygen atoms in total. The fraction of sp³-hybridized carbons (Fsp3) is 0.347. The molecule has 0 bridgehead atoms. The average Bonchev–Trinajstić information content (AvgIpc) is 0.751. The van der Waals surface area contributed by atoms with Gasteiger partial charge in [-0.3, -0.25) is 0 Å². The van der Waals surface area contributed by atoms with Gasteiger partial charge >= 0.3 is 59.8 Å². The molecule has 0 saturated carbocycles. The number of hydrogen-bond acceptors (Lipinski definition) is 30. The summed E-state index contributed by atoms with van der Waals surface area (Å²) in [6.45, 7) is 1.70. The predicted molar refractivity (Wildman–Crippen MR) is 457 cm³/mol. The van der Waals surface area contributed by atoms with Gasteiger partial charge in [-0.2, -0.15) is 0 Å². The normalized spacial score (nSPS) is 25.1. The molecular formula is C98H99NO32. The molecule has 33 heteroatoms. The molecule has 4 fully saturated rings. The maximum atomic E-state index is 15.3. The van der Waals surface area contributed by atoms with Crippen LogP contribution in [0.15, 0.2) is 273 Å². The van der Waals surface area contributed by atoms with Gasteiger partial charge in [0, 0.05) is 26.3 Å². The lowest BCUT2D eigenvalue weighted by atomic mass is 9.94. The molecule has 9 aromatic carbocycles. The molecule has 131 heavy (non-hydrogen) atoms. The van der Waals surface area contributed by atoms with E-state index in [0.29, 0.717) is 36.8 Å². The second-order valence-electron chi connectivity index (χ2n) is 30.7. The summed E-state index contributed by atoms with van der Waals surface area (Å²) < 4.78 is 117. The molecular weight excluding hydrogens is 1700 g/mol. The van der Waals surface area contributed by atoms with E-state index in [4.69, 9.17) is 85.3 Å². The number of nitrogens with zero attached hydrogens (tertiary/aromatic N) is 1. The zero-order valence-corrected chi connectivity index (χ0v) is 71.2. The Morgan fingerprint density at radius 1 is 0.313 bits per heavy atom. The number of carbonyl (C=O) groups is 10. The van der Waals surface area contributed by atoms with Gasteiger partial charge in [-0.15, -0.1) is 0 Å². The second-order valence-corrected chi connectivity index (χ2v) is 30.7. The Morgan fingerprint density at radius 3 is 0.931 bits per heavy atom. The van der Waals surface area contributed by atoms with Gasteiger partial charge in [0.25, 0.3) is 0 Å². The van der Waals surface area contributed by atoms with Crippen molar-refractivity contribution in [3.05, 3.63) is 323 Å². The minimum atomic E-state index is -2.60. The van der Waals surface area contributed by atoms with Crippen molar-refractivity contribution in [2.75, 3.05) is 39.6 Å². The lowest BCUT2D eigenvalue weighted by molar-refractivity contribution is -0.384. The fourth-order valence-electron chi connectivity index (χ4n) is 14.8. The topological polar surface area (TPSA) is 421 Å². The highest BCUT2D eigenvalue weighted by Crippen LogP contribution is 2.41. The molecule has 0 spiro atoms. The Hall–Kier alpha value is -13.0. The average molecular weight is 1800 g/mol. The third-order valence-electron chi connectivity index (χ3n) is 21.5. The van der Waals surface area contributed by atoms with Crippen molar-refractivity contribution in [1.29, 1.82) is 0 Å². The molecule has 4 N–H and O–H groups in total. The quantitative estimate of drug-likeness (QED) is 0.0157. The Morgan fingerprint density at radius 2 is 0.588 bits per heavy atom. The van der Waals surface area contributed by atoms with Gasteiger partial charge in [0.15, 0.2) is 80.1 Å². The van der Waals surface area contributed by atoms with Crippen LogP contribution >= 0.6 is 0 Å². The summed E-state index contributed by atoms with van der Waals surface area (Å²) in [5.41, 5.74) is 0.470. The predicted octanol–water partition coefficient (Wildman–Crippen LogP) is 11.0. The highest BCUT2D eigenvalue weighted by molar-refractivity contribution is 5.93. The number of ether oxygens (including phenoxy) is 18. The molecule has 688 valence electrons. The maximum Gasteiger partial charge on any atom is 0.410 e. The summed E-state index contributed by atoms with van der Waals surface area (Å²) in [6.07, 6.45) is -43.6. The van der Waals surface area contributed by atoms with Crippen LogP contribution in [-0.2, 0) is 108 Å². The van der Waals surface area contributed by atoms with E-state index in [0.717, 1.165) is 0 Å². The smallest absolute Gasteiger partial charge is 0.410 e. The third kappa shape index (κ3) is 25.6. The lowest BCUT2D eigenvalue weighted by Gasteiger charge is -2.50. The Labute approximate surface area is 753 Å². The summed E-state index contributed by atoms with van der Waals surface area (Å²) in [5.74, 6) is -12.0. The van der Waals surface area contributed by atoms with Crippen molar-refractivity contribution in [1.82, 2.24) is 4.90 Å². The number of rotatable bonds is 40. The number of carboxylic acid groups (broad SMARTS) is 2. The van der Waals surface area contributed by atoms with E-state index in [9.17, 15) is 49.2 Å².